The summed E-state index contributed by atoms with van der Waals surface area (Å²) < 4.78 is 28.4. The Balaban J connectivity index is 1.96. The molecule has 3 rings (SSSR count). The smallest absolute Gasteiger partial charge is 0.405 e. The molecule has 3 N–H and O–H groups in total. The maximum Gasteiger partial charge on any atom is 0.405 e. The molecule has 2 aromatic heterocycles. The number of anilines is 1. The minimum atomic E-state index is -2.69. The SMILES string of the molecule is CN(C)c1cc2nc([C@@H](NC(=O)O)C3CCC(F)(F)CC3)cn2nc1CO. The maximum absolute atomic E-state index is 13.5. The van der Waals surface area contributed by atoms with Crippen LogP contribution in [0.5, 0.6) is 0 Å². The highest BCUT2D eigenvalue weighted by atomic mass is 19.3. The van der Waals surface area contributed by atoms with Crippen molar-refractivity contribution in [1.29, 1.82) is 0 Å². The number of aromatic nitrogens is 3. The molecule has 0 unspecified atom stereocenters. The molecule has 1 atom stereocenters. The number of rotatable bonds is 5. The maximum atomic E-state index is 13.5. The van der Waals surface area contributed by atoms with E-state index in [0.717, 1.165) is 0 Å². The van der Waals surface area contributed by atoms with Crippen LogP contribution in [0.3, 0.4) is 0 Å². The van der Waals surface area contributed by atoms with Crippen LogP contribution in [0, 0.1) is 5.92 Å². The van der Waals surface area contributed by atoms with E-state index in [2.05, 4.69) is 15.4 Å². The number of nitrogens with zero attached hydrogens (tertiary/aromatic N) is 4. The van der Waals surface area contributed by atoms with Gasteiger partial charge in [-0.15, -0.1) is 0 Å². The van der Waals surface area contributed by atoms with Crippen LogP contribution in [0.2, 0.25) is 0 Å². The van der Waals surface area contributed by atoms with Gasteiger partial charge >= 0.3 is 6.09 Å². The first-order chi connectivity index (χ1) is 12.7. The number of hydrogen-bond donors (Lipinski definition) is 3. The van der Waals surface area contributed by atoms with Crippen LogP contribution in [-0.4, -0.2) is 50.9 Å². The number of imidazole rings is 1. The minimum Gasteiger partial charge on any atom is -0.465 e. The van der Waals surface area contributed by atoms with Crippen molar-refractivity contribution in [2.24, 2.45) is 5.92 Å². The quantitative estimate of drug-likeness (QED) is 0.733. The number of carbonyl (C=O) groups is 1. The number of fused-ring (bicyclic) bond motifs is 1. The molecule has 1 fully saturated rings. The minimum absolute atomic E-state index is 0.212. The van der Waals surface area contributed by atoms with Gasteiger partial charge in [0.1, 0.15) is 5.69 Å². The second kappa shape index (κ2) is 7.26. The lowest BCUT2D eigenvalue weighted by molar-refractivity contribution is -0.0495. The van der Waals surface area contributed by atoms with Crippen molar-refractivity contribution in [3.8, 4) is 0 Å². The first-order valence-corrected chi connectivity index (χ1v) is 8.75. The number of hydrogen-bond acceptors (Lipinski definition) is 5. The van der Waals surface area contributed by atoms with Gasteiger partial charge in [-0.25, -0.2) is 23.1 Å². The molecule has 2 aromatic rings. The Morgan fingerprint density at radius 1 is 1.44 bits per heavy atom. The molecule has 0 aromatic carbocycles. The van der Waals surface area contributed by atoms with Gasteiger partial charge in [0.15, 0.2) is 5.65 Å². The van der Waals surface area contributed by atoms with Crippen LogP contribution in [0.15, 0.2) is 12.3 Å². The summed E-state index contributed by atoms with van der Waals surface area (Å²) in [6, 6.07) is 1.05. The van der Waals surface area contributed by atoms with Crippen LogP contribution >= 0.6 is 0 Å². The molecule has 10 heteroatoms. The van der Waals surface area contributed by atoms with Crippen molar-refractivity contribution < 1.29 is 23.8 Å². The van der Waals surface area contributed by atoms with Gasteiger partial charge in [-0.2, -0.15) is 5.10 Å². The summed E-state index contributed by atoms with van der Waals surface area (Å²) >= 11 is 0. The first-order valence-electron chi connectivity index (χ1n) is 8.75. The van der Waals surface area contributed by atoms with E-state index in [9.17, 15) is 23.8 Å². The fourth-order valence-electron chi connectivity index (χ4n) is 3.58. The third-order valence-corrected chi connectivity index (χ3v) is 4.99. The third-order valence-electron chi connectivity index (χ3n) is 4.99. The van der Waals surface area contributed by atoms with E-state index in [0.29, 0.717) is 22.7 Å². The van der Waals surface area contributed by atoms with E-state index in [1.54, 1.807) is 17.2 Å². The number of amides is 1. The average molecular weight is 383 g/mol. The summed E-state index contributed by atoms with van der Waals surface area (Å²) in [5.74, 6) is -2.96. The first kappa shape index (κ1) is 19.3. The second-order valence-corrected chi connectivity index (χ2v) is 7.12. The normalized spacial score (nSPS) is 18.4. The van der Waals surface area contributed by atoms with E-state index in [1.165, 1.54) is 4.52 Å². The highest BCUT2D eigenvalue weighted by molar-refractivity contribution is 5.65. The Bertz CT molecular complexity index is 829. The molecule has 0 saturated heterocycles. The van der Waals surface area contributed by atoms with Gasteiger partial charge in [0, 0.05) is 33.0 Å². The standard InChI is InChI=1S/C17H23F2N5O3/c1-23(2)13-7-14-20-11(8-24(14)22-12(13)9-25)15(21-16(26)27)10-3-5-17(18,19)6-4-10/h7-8,10,15,21,25H,3-6,9H2,1-2H3,(H,26,27)/t15-/m0/s1. The number of halogens is 2. The lowest BCUT2D eigenvalue weighted by Crippen LogP contribution is -2.36. The molecule has 1 aliphatic carbocycles. The monoisotopic (exact) mass is 383 g/mol. The zero-order valence-corrected chi connectivity index (χ0v) is 15.2. The van der Waals surface area contributed by atoms with Crippen molar-refractivity contribution in [3.63, 3.8) is 0 Å². The second-order valence-electron chi connectivity index (χ2n) is 7.12. The van der Waals surface area contributed by atoms with Crippen LogP contribution in [-0.2, 0) is 6.61 Å². The molecule has 148 valence electrons. The molecule has 2 heterocycles. The number of aliphatic hydroxyl groups is 1. The average Bonchev–Trinajstić information content (AvgIpc) is 3.01. The van der Waals surface area contributed by atoms with E-state index in [-0.39, 0.29) is 38.2 Å². The Labute approximate surface area is 154 Å². The van der Waals surface area contributed by atoms with Gasteiger partial charge in [-0.3, -0.25) is 0 Å². The van der Waals surface area contributed by atoms with Crippen LogP contribution in [0.1, 0.15) is 43.1 Å². The summed E-state index contributed by atoms with van der Waals surface area (Å²) in [6.45, 7) is -0.258. The van der Waals surface area contributed by atoms with Gasteiger partial charge < -0.3 is 20.4 Å². The largest absolute Gasteiger partial charge is 0.465 e. The zero-order valence-electron chi connectivity index (χ0n) is 15.2. The van der Waals surface area contributed by atoms with E-state index in [4.69, 9.17) is 0 Å². The summed E-state index contributed by atoms with van der Waals surface area (Å²) in [4.78, 5) is 17.5. The molecular formula is C17H23F2N5O3. The molecule has 27 heavy (non-hydrogen) atoms. The van der Waals surface area contributed by atoms with Crippen molar-refractivity contribution in [1.82, 2.24) is 19.9 Å². The van der Waals surface area contributed by atoms with Gasteiger partial charge in [0.05, 0.1) is 30.2 Å². The molecule has 1 saturated carbocycles. The summed E-state index contributed by atoms with van der Waals surface area (Å²) in [5.41, 5.74) is 2.07. The Hall–Kier alpha value is -2.49. The predicted octanol–water partition coefficient (Wildman–Crippen LogP) is 2.42. The fraction of sp³-hybridized carbons (Fsp3) is 0.588. The van der Waals surface area contributed by atoms with Crippen LogP contribution in [0.4, 0.5) is 19.3 Å². The molecule has 0 radical (unpaired) electrons. The number of aliphatic hydroxyl groups excluding tert-OH is 1. The van der Waals surface area contributed by atoms with Gasteiger partial charge in [-0.05, 0) is 18.8 Å². The van der Waals surface area contributed by atoms with Gasteiger partial charge in [0.2, 0.25) is 5.92 Å². The zero-order chi connectivity index (χ0) is 19.8. The summed E-state index contributed by atoms with van der Waals surface area (Å²) in [5, 5.41) is 25.5. The third kappa shape index (κ3) is 4.10. The van der Waals surface area contributed by atoms with Crippen molar-refractivity contribution in [3.05, 3.63) is 23.7 Å². The molecule has 0 aliphatic heterocycles. The Morgan fingerprint density at radius 2 is 2.11 bits per heavy atom. The molecule has 1 aliphatic rings. The topological polar surface area (TPSA) is 103 Å². The highest BCUT2D eigenvalue weighted by Gasteiger charge is 2.39. The molecule has 1 amide bonds. The number of carboxylic acid groups (broad SMARTS) is 1. The lowest BCUT2D eigenvalue weighted by Gasteiger charge is -2.32. The molecule has 8 nitrogen and oxygen atoms in total. The number of nitrogens with one attached hydrogen (secondary N) is 1. The van der Waals surface area contributed by atoms with E-state index >= 15 is 0 Å². The van der Waals surface area contributed by atoms with Crippen molar-refractivity contribution in [2.75, 3.05) is 19.0 Å². The molecular weight excluding hydrogens is 360 g/mol. The highest BCUT2D eigenvalue weighted by Crippen LogP contribution is 2.41. The van der Waals surface area contributed by atoms with E-state index in [1.807, 2.05) is 14.1 Å². The molecule has 0 bridgehead atoms. The van der Waals surface area contributed by atoms with Gasteiger partial charge in [-0.1, -0.05) is 0 Å². The van der Waals surface area contributed by atoms with E-state index < -0.39 is 18.1 Å². The van der Waals surface area contributed by atoms with Crippen LogP contribution in [0.25, 0.3) is 5.65 Å². The lowest BCUT2D eigenvalue weighted by atomic mass is 9.81. The van der Waals surface area contributed by atoms with Crippen LogP contribution < -0.4 is 10.2 Å². The Morgan fingerprint density at radius 3 is 2.67 bits per heavy atom. The van der Waals surface area contributed by atoms with Gasteiger partial charge in [0.25, 0.3) is 0 Å². The number of alkyl halides is 2. The Kier molecular flexibility index (Phi) is 5.18. The summed E-state index contributed by atoms with van der Waals surface area (Å²) in [7, 11) is 3.63. The molecule has 0 spiro atoms. The predicted molar refractivity (Wildman–Crippen MR) is 94.0 cm³/mol. The van der Waals surface area contributed by atoms with Crippen molar-refractivity contribution >= 4 is 17.4 Å². The fourth-order valence-corrected chi connectivity index (χ4v) is 3.58. The van der Waals surface area contributed by atoms with Crippen molar-refractivity contribution in [2.45, 2.75) is 44.3 Å². The summed E-state index contributed by atoms with van der Waals surface area (Å²) in [6.07, 6.45) is 0.253.